The molecule has 0 aliphatic carbocycles. The summed E-state index contributed by atoms with van der Waals surface area (Å²) in [6, 6.07) is 4.92. The molecule has 8 heteroatoms. The van der Waals surface area contributed by atoms with Gasteiger partial charge in [0.05, 0.1) is 5.69 Å². The number of nitriles is 1. The fraction of sp³-hybridized carbons (Fsp3) is 0. The van der Waals surface area contributed by atoms with Gasteiger partial charge in [0.25, 0.3) is 0 Å². The lowest BCUT2D eigenvalue weighted by molar-refractivity contribution is 0.100. The second-order valence-electron chi connectivity index (χ2n) is 3.16. The first kappa shape index (κ1) is 13.1. The van der Waals surface area contributed by atoms with Gasteiger partial charge in [-0.15, -0.1) is 0 Å². The van der Waals surface area contributed by atoms with E-state index >= 15 is 0 Å². The average molecular weight is 248 g/mol. The molecule has 0 heterocycles. The predicted molar refractivity (Wildman–Crippen MR) is 63.5 cm³/mol. The van der Waals surface area contributed by atoms with Gasteiger partial charge < -0.3 is 11.5 Å². The number of nitrogens with zero attached hydrogens (tertiary/aromatic N) is 2. The van der Waals surface area contributed by atoms with Gasteiger partial charge in [0.2, 0.25) is 11.6 Å². The maximum absolute atomic E-state index is 13.3. The smallest absolute Gasteiger partial charge is 0.248 e. The summed E-state index contributed by atoms with van der Waals surface area (Å²) >= 11 is 0. The molecular weight excluding hydrogens is 239 g/mol. The zero-order valence-corrected chi connectivity index (χ0v) is 9.07. The quantitative estimate of drug-likeness (QED) is 0.342. The van der Waals surface area contributed by atoms with Gasteiger partial charge in [0, 0.05) is 5.56 Å². The lowest BCUT2D eigenvalue weighted by atomic mass is 10.2. The van der Waals surface area contributed by atoms with Crippen molar-refractivity contribution in [3.8, 4) is 6.07 Å². The number of hydrogen-bond donors (Lipinski definition) is 4. The van der Waals surface area contributed by atoms with Crippen molar-refractivity contribution in [3.63, 3.8) is 0 Å². The Morgan fingerprint density at radius 3 is 2.67 bits per heavy atom. The highest BCUT2D eigenvalue weighted by Gasteiger charge is 2.07. The van der Waals surface area contributed by atoms with Crippen LogP contribution in [0.2, 0.25) is 0 Å². The third-order valence-corrected chi connectivity index (χ3v) is 1.90. The first-order valence-corrected chi connectivity index (χ1v) is 4.63. The van der Waals surface area contributed by atoms with Crippen molar-refractivity contribution in [2.75, 3.05) is 5.43 Å². The molecule has 0 aliphatic rings. The van der Waals surface area contributed by atoms with E-state index < -0.39 is 23.3 Å². The third-order valence-electron chi connectivity index (χ3n) is 1.90. The van der Waals surface area contributed by atoms with Gasteiger partial charge in [0.15, 0.2) is 5.84 Å². The summed E-state index contributed by atoms with van der Waals surface area (Å²) < 4.78 is 13.3. The van der Waals surface area contributed by atoms with Crippen molar-refractivity contribution in [3.05, 3.63) is 29.6 Å². The molecule has 0 saturated carbocycles. The van der Waals surface area contributed by atoms with Gasteiger partial charge >= 0.3 is 0 Å². The van der Waals surface area contributed by atoms with Gasteiger partial charge in [-0.25, -0.2) is 4.39 Å². The number of anilines is 1. The summed E-state index contributed by atoms with van der Waals surface area (Å²) in [4.78, 5) is 10.9. The highest BCUT2D eigenvalue weighted by Crippen LogP contribution is 2.15. The van der Waals surface area contributed by atoms with Crippen molar-refractivity contribution in [1.29, 1.82) is 10.7 Å². The maximum atomic E-state index is 13.3. The molecule has 1 aromatic carbocycles. The van der Waals surface area contributed by atoms with Gasteiger partial charge in [0.1, 0.15) is 11.9 Å². The van der Waals surface area contributed by atoms with E-state index in [-0.39, 0.29) is 11.3 Å². The molecule has 0 bridgehead atoms. The molecule has 6 N–H and O–H groups in total. The number of rotatable bonds is 4. The fourth-order valence-corrected chi connectivity index (χ4v) is 1.03. The van der Waals surface area contributed by atoms with Crippen LogP contribution in [0.15, 0.2) is 23.3 Å². The minimum atomic E-state index is -0.728. The Morgan fingerprint density at radius 1 is 1.50 bits per heavy atom. The molecule has 0 radical (unpaired) electrons. The Bertz CT molecular complexity index is 574. The summed E-state index contributed by atoms with van der Waals surface area (Å²) in [5, 5.41) is 19.0. The number of halogens is 1. The van der Waals surface area contributed by atoms with E-state index in [1.54, 1.807) is 6.07 Å². The molecule has 0 fully saturated rings. The number of amides is 1. The summed E-state index contributed by atoms with van der Waals surface area (Å²) in [5.41, 5.74) is 11.8. The first-order chi connectivity index (χ1) is 8.45. The number of benzene rings is 1. The van der Waals surface area contributed by atoms with E-state index in [1.165, 1.54) is 6.07 Å². The number of carbonyl (C=O) groups is 1. The summed E-state index contributed by atoms with van der Waals surface area (Å²) in [7, 11) is 0. The van der Waals surface area contributed by atoms with Crippen LogP contribution in [-0.2, 0) is 0 Å². The Hall–Kier alpha value is -2.95. The first-order valence-electron chi connectivity index (χ1n) is 4.63. The number of nitrogens with one attached hydrogen (secondary N) is 2. The van der Waals surface area contributed by atoms with Crippen molar-refractivity contribution in [2.24, 2.45) is 16.6 Å². The van der Waals surface area contributed by atoms with Crippen molar-refractivity contribution >= 4 is 23.1 Å². The number of primary amides is 1. The number of hydrazone groups is 1. The van der Waals surface area contributed by atoms with Crippen molar-refractivity contribution < 1.29 is 9.18 Å². The molecular formula is C10H9FN6O. The van der Waals surface area contributed by atoms with E-state index in [0.29, 0.717) is 0 Å². The van der Waals surface area contributed by atoms with Gasteiger partial charge in [-0.2, -0.15) is 10.4 Å². The van der Waals surface area contributed by atoms with Gasteiger partial charge in [-0.1, -0.05) is 0 Å². The lowest BCUT2D eigenvalue weighted by Gasteiger charge is -2.04. The fourth-order valence-electron chi connectivity index (χ4n) is 1.03. The molecule has 7 nitrogen and oxygen atoms in total. The van der Waals surface area contributed by atoms with E-state index in [2.05, 4.69) is 10.5 Å². The molecule has 0 unspecified atom stereocenters. The molecule has 1 aromatic rings. The maximum Gasteiger partial charge on any atom is 0.248 e. The Kier molecular flexibility index (Phi) is 3.93. The standard InChI is InChI=1S/C10H9FN6O/c11-6-2-1-5(10(15)18)3-7(6)16-17-8(4-12)9(13)14/h1-3,16H,(H3,13,14)(H2,15,18)/b17-8+. The van der Waals surface area contributed by atoms with E-state index in [1.807, 2.05) is 0 Å². The van der Waals surface area contributed by atoms with Gasteiger partial charge in [-0.3, -0.25) is 15.6 Å². The number of hydrogen-bond acceptors (Lipinski definition) is 5. The molecule has 18 heavy (non-hydrogen) atoms. The molecule has 0 aliphatic heterocycles. The summed E-state index contributed by atoms with van der Waals surface area (Å²) in [6.07, 6.45) is 0. The second-order valence-corrected chi connectivity index (χ2v) is 3.16. The van der Waals surface area contributed by atoms with Crippen LogP contribution < -0.4 is 16.9 Å². The lowest BCUT2D eigenvalue weighted by Crippen LogP contribution is -2.22. The van der Waals surface area contributed by atoms with Crippen molar-refractivity contribution in [1.82, 2.24) is 0 Å². The minimum absolute atomic E-state index is 0.0791. The van der Waals surface area contributed by atoms with Crippen LogP contribution in [0, 0.1) is 22.6 Å². The summed E-state index contributed by atoms with van der Waals surface area (Å²) in [5.74, 6) is -1.98. The number of carbonyl (C=O) groups excluding carboxylic acids is 1. The monoisotopic (exact) mass is 248 g/mol. The molecule has 0 spiro atoms. The topological polar surface area (TPSA) is 141 Å². The zero-order chi connectivity index (χ0) is 13.7. The Labute approximate surface area is 101 Å². The Balaban J connectivity index is 3.05. The molecule has 0 atom stereocenters. The van der Waals surface area contributed by atoms with Crippen LogP contribution in [0.25, 0.3) is 0 Å². The normalized spacial score (nSPS) is 10.6. The van der Waals surface area contributed by atoms with Crippen LogP contribution in [0.1, 0.15) is 10.4 Å². The molecule has 92 valence electrons. The second kappa shape index (κ2) is 5.40. The van der Waals surface area contributed by atoms with E-state index in [4.69, 9.17) is 22.1 Å². The van der Waals surface area contributed by atoms with Crippen LogP contribution in [-0.4, -0.2) is 17.5 Å². The van der Waals surface area contributed by atoms with Crippen LogP contribution >= 0.6 is 0 Å². The number of nitrogens with two attached hydrogens (primary N) is 2. The summed E-state index contributed by atoms with van der Waals surface area (Å²) in [6.45, 7) is 0. The van der Waals surface area contributed by atoms with Gasteiger partial charge in [-0.05, 0) is 18.2 Å². The Morgan fingerprint density at radius 2 is 2.17 bits per heavy atom. The minimum Gasteiger partial charge on any atom is -0.382 e. The SMILES string of the molecule is N#C/C(=N\Nc1cc(C(N)=O)ccc1F)C(=N)N. The molecule has 1 rings (SSSR count). The highest BCUT2D eigenvalue weighted by atomic mass is 19.1. The highest BCUT2D eigenvalue weighted by molar-refractivity contribution is 6.45. The van der Waals surface area contributed by atoms with E-state index in [0.717, 1.165) is 12.1 Å². The molecule has 1 amide bonds. The van der Waals surface area contributed by atoms with Crippen LogP contribution in [0.5, 0.6) is 0 Å². The largest absolute Gasteiger partial charge is 0.382 e. The number of amidine groups is 1. The molecule has 0 aromatic heterocycles. The molecule has 0 saturated heterocycles. The van der Waals surface area contributed by atoms with Crippen LogP contribution in [0.4, 0.5) is 10.1 Å². The average Bonchev–Trinajstić information content (AvgIpc) is 2.31. The van der Waals surface area contributed by atoms with Crippen LogP contribution in [0.3, 0.4) is 0 Å². The third kappa shape index (κ3) is 3.02. The zero-order valence-electron chi connectivity index (χ0n) is 9.07. The van der Waals surface area contributed by atoms with E-state index in [9.17, 15) is 9.18 Å². The van der Waals surface area contributed by atoms with Crippen molar-refractivity contribution in [2.45, 2.75) is 0 Å². The predicted octanol–water partition coefficient (Wildman–Crippen LogP) is 0.152.